The molecule has 3 fully saturated rings. The molecule has 0 spiro atoms. The van der Waals surface area contributed by atoms with E-state index in [0.29, 0.717) is 23.3 Å². The van der Waals surface area contributed by atoms with Crippen LogP contribution in [0.2, 0.25) is 0 Å². The highest BCUT2D eigenvalue weighted by molar-refractivity contribution is 5.96. The van der Waals surface area contributed by atoms with Gasteiger partial charge in [-0.1, -0.05) is 76.2 Å². The summed E-state index contributed by atoms with van der Waals surface area (Å²) in [4.78, 5) is 70.0. The van der Waals surface area contributed by atoms with Gasteiger partial charge in [0.2, 0.25) is 6.10 Å². The second kappa shape index (κ2) is 15.2. The first-order valence-electron chi connectivity index (χ1n) is 20.0. The maximum atomic E-state index is 15.1. The van der Waals surface area contributed by atoms with Crippen molar-refractivity contribution in [3.8, 4) is 0 Å². The molecule has 2 saturated carbocycles. The lowest BCUT2D eigenvalue weighted by atomic mass is 9.40. The summed E-state index contributed by atoms with van der Waals surface area (Å²) in [5.74, 6) is -4.18. The Kier molecular flexibility index (Phi) is 11.3. The van der Waals surface area contributed by atoms with Crippen LogP contribution in [0.4, 0.5) is 4.79 Å². The van der Waals surface area contributed by atoms with Gasteiger partial charge in [0.1, 0.15) is 12.1 Å². The monoisotopic (exact) mass is 802 g/mol. The fraction of sp³-hybridized carbons (Fsp3) is 0.578. The van der Waals surface area contributed by atoms with Crippen molar-refractivity contribution in [2.75, 3.05) is 6.61 Å². The molecule has 4 N–H and O–H groups in total. The van der Waals surface area contributed by atoms with Crippen molar-refractivity contribution in [2.24, 2.45) is 28.1 Å². The van der Waals surface area contributed by atoms with Crippen molar-refractivity contribution in [1.82, 2.24) is 10.6 Å². The van der Waals surface area contributed by atoms with Crippen LogP contribution in [-0.2, 0) is 33.3 Å². The lowest BCUT2D eigenvalue weighted by molar-refractivity contribution is -0.302. The highest BCUT2D eigenvalue weighted by atomic mass is 16.6. The molecule has 3 aliphatic carbocycles. The van der Waals surface area contributed by atoms with Gasteiger partial charge < -0.3 is 39.8 Å². The second-order valence-electron chi connectivity index (χ2n) is 18.7. The standard InChI is InChI=1S/C45H58N2O11/c1-24-29(57-39(52)35(58-40(53)47-41(4,5)6)33(27-17-13-11-14-18-27)46-38(51)28-19-15-12-16-20-28)22-45(54)25(2)36-43(9)23-55-31(43)21-30(49)44(36,10)37(50)34(56-26(3)48)32(24)42(45,7)8/h11-20,25,29-31,33-36,49,54H,21-23H2,1-10H3,(H,46,51)(H,47,53)/t25-,29-,30-,31+,33-,34?,35+,36?,43+,44+,45+/m0/s1. The van der Waals surface area contributed by atoms with Gasteiger partial charge in [-0.25, -0.2) is 9.59 Å². The maximum absolute atomic E-state index is 15.1. The fourth-order valence-corrected chi connectivity index (χ4v) is 10.5. The fourth-order valence-electron chi connectivity index (χ4n) is 10.5. The van der Waals surface area contributed by atoms with Crippen LogP contribution in [0.25, 0.3) is 0 Å². The molecule has 6 rings (SSSR count). The Hall–Kier alpha value is -4.59. The van der Waals surface area contributed by atoms with Gasteiger partial charge >= 0.3 is 18.0 Å². The first-order chi connectivity index (χ1) is 27.0. The third-order valence-corrected chi connectivity index (χ3v) is 13.5. The van der Waals surface area contributed by atoms with Gasteiger partial charge in [0.15, 0.2) is 11.9 Å². The topological polar surface area (TPSA) is 187 Å². The van der Waals surface area contributed by atoms with Crippen LogP contribution >= 0.6 is 0 Å². The molecule has 58 heavy (non-hydrogen) atoms. The van der Waals surface area contributed by atoms with Gasteiger partial charge in [0.25, 0.3) is 5.91 Å². The van der Waals surface area contributed by atoms with Crippen LogP contribution in [0.3, 0.4) is 0 Å². The van der Waals surface area contributed by atoms with Gasteiger partial charge in [-0.2, -0.15) is 0 Å². The summed E-state index contributed by atoms with van der Waals surface area (Å²) in [6.45, 7) is 17.5. The molecular weight excluding hydrogens is 744 g/mol. The third-order valence-electron chi connectivity index (χ3n) is 13.5. The minimum atomic E-state index is -1.75. The molecule has 1 saturated heterocycles. The van der Waals surface area contributed by atoms with E-state index >= 15 is 4.79 Å². The smallest absolute Gasteiger partial charge is 0.408 e. The van der Waals surface area contributed by atoms with Crippen LogP contribution in [0.5, 0.6) is 0 Å². The van der Waals surface area contributed by atoms with Gasteiger partial charge in [-0.05, 0) is 75.3 Å². The number of amides is 2. The second-order valence-corrected chi connectivity index (χ2v) is 18.7. The van der Waals surface area contributed by atoms with Crippen molar-refractivity contribution < 1.29 is 53.1 Å². The zero-order valence-electron chi connectivity index (χ0n) is 35.1. The summed E-state index contributed by atoms with van der Waals surface area (Å²) in [5.41, 5.74) is -4.43. The van der Waals surface area contributed by atoms with Crippen LogP contribution in [0.1, 0.15) is 104 Å². The van der Waals surface area contributed by atoms with Crippen molar-refractivity contribution in [2.45, 2.75) is 130 Å². The Morgan fingerprint density at radius 3 is 2.10 bits per heavy atom. The molecule has 2 amide bonds. The van der Waals surface area contributed by atoms with Gasteiger partial charge in [-0.3, -0.25) is 14.4 Å². The number of carbonyl (C=O) groups is 5. The van der Waals surface area contributed by atoms with E-state index in [0.717, 1.165) is 0 Å². The molecule has 0 aromatic heterocycles. The number of hydrogen-bond donors (Lipinski definition) is 4. The number of carbonyl (C=O) groups excluding carboxylic acids is 5. The molecule has 2 aromatic carbocycles. The number of benzene rings is 2. The predicted molar refractivity (Wildman–Crippen MR) is 212 cm³/mol. The van der Waals surface area contributed by atoms with E-state index in [2.05, 4.69) is 10.6 Å². The van der Waals surface area contributed by atoms with E-state index in [4.69, 9.17) is 18.9 Å². The van der Waals surface area contributed by atoms with Gasteiger partial charge in [0.05, 0.1) is 29.8 Å². The lowest BCUT2D eigenvalue weighted by Crippen LogP contribution is -2.75. The molecule has 13 nitrogen and oxygen atoms in total. The average molecular weight is 803 g/mol. The number of Topliss-reactive ketones (excluding diaryl/α,β-unsaturated/α-hetero) is 1. The van der Waals surface area contributed by atoms with Crippen molar-refractivity contribution >= 4 is 29.7 Å². The van der Waals surface area contributed by atoms with Crippen LogP contribution in [-0.4, -0.2) is 88.2 Å². The summed E-state index contributed by atoms with van der Waals surface area (Å²) in [5, 5.41) is 30.7. The quantitative estimate of drug-likeness (QED) is 0.153. The summed E-state index contributed by atoms with van der Waals surface area (Å²) in [7, 11) is 0. The van der Waals surface area contributed by atoms with Crippen molar-refractivity contribution in [3.63, 3.8) is 0 Å². The van der Waals surface area contributed by atoms with E-state index in [-0.39, 0.29) is 24.5 Å². The summed E-state index contributed by atoms with van der Waals surface area (Å²) >= 11 is 0. The number of nitrogens with one attached hydrogen (secondary N) is 2. The first-order valence-corrected chi connectivity index (χ1v) is 20.0. The molecule has 2 aromatic rings. The molecule has 11 atom stereocenters. The molecule has 2 bridgehead atoms. The number of rotatable bonds is 8. The van der Waals surface area contributed by atoms with Crippen molar-refractivity contribution in [1.29, 1.82) is 0 Å². The summed E-state index contributed by atoms with van der Waals surface area (Å²) in [6.07, 6.45) is -6.94. The van der Waals surface area contributed by atoms with Crippen LogP contribution < -0.4 is 10.6 Å². The molecule has 4 aliphatic rings. The normalized spacial score (nSPS) is 33.7. The number of ether oxygens (including phenoxy) is 4. The Morgan fingerprint density at radius 2 is 1.55 bits per heavy atom. The minimum absolute atomic E-state index is 0.152. The molecule has 1 heterocycles. The SMILES string of the molecule is CC(=O)OC1C(=O)[C@@]2(C)C([C@H](C)[C@]3(O)C[C@H](OC(=O)[C@H](OC(=O)NC(C)(C)C)[C@@H](NC(=O)c4ccccc4)c4ccccc4)C(C)=C1C3(C)C)[C@]1(C)CO[C@@H]1C[C@@H]2O. The molecule has 2 unspecified atom stereocenters. The Labute approximate surface area is 340 Å². The van der Waals surface area contributed by atoms with Gasteiger partial charge in [-0.15, -0.1) is 0 Å². The highest BCUT2D eigenvalue weighted by Crippen LogP contribution is 2.67. The zero-order valence-corrected chi connectivity index (χ0v) is 35.1. The largest absolute Gasteiger partial charge is 0.455 e. The number of alkyl carbamates (subject to hydrolysis) is 1. The van der Waals surface area contributed by atoms with E-state index in [1.807, 2.05) is 13.8 Å². The van der Waals surface area contributed by atoms with E-state index in [9.17, 15) is 29.4 Å². The Bertz CT molecular complexity index is 1980. The zero-order chi connectivity index (χ0) is 42.7. The van der Waals surface area contributed by atoms with E-state index in [1.54, 1.807) is 109 Å². The van der Waals surface area contributed by atoms with Gasteiger partial charge in [0, 0.05) is 41.7 Å². The molecule has 0 radical (unpaired) electrons. The number of fused-ring (bicyclic) bond motifs is 5. The predicted octanol–water partition coefficient (Wildman–Crippen LogP) is 5.38. The Balaban J connectivity index is 1.48. The number of esters is 2. The highest BCUT2D eigenvalue weighted by Gasteiger charge is 2.73. The van der Waals surface area contributed by atoms with E-state index in [1.165, 1.54) is 6.92 Å². The van der Waals surface area contributed by atoms with Crippen LogP contribution in [0, 0.1) is 28.1 Å². The maximum Gasteiger partial charge on any atom is 0.408 e. The number of ketones is 1. The third kappa shape index (κ3) is 7.23. The first kappa shape index (κ1) is 43.0. The summed E-state index contributed by atoms with van der Waals surface area (Å²) < 4.78 is 24.1. The minimum Gasteiger partial charge on any atom is -0.455 e. The molecule has 314 valence electrons. The molecule has 1 aliphatic heterocycles. The van der Waals surface area contributed by atoms with Crippen molar-refractivity contribution in [3.05, 3.63) is 82.9 Å². The number of hydrogen-bond acceptors (Lipinski definition) is 11. The Morgan fingerprint density at radius 1 is 0.948 bits per heavy atom. The summed E-state index contributed by atoms with van der Waals surface area (Å²) in [6, 6.07) is 15.7. The lowest BCUT2D eigenvalue weighted by Gasteiger charge is -2.68. The number of aliphatic hydroxyl groups excluding tert-OH is 1. The molecule has 13 heteroatoms. The van der Waals surface area contributed by atoms with E-state index < -0.39 is 99.4 Å². The average Bonchev–Trinajstić information content (AvgIpc) is 3.14. The van der Waals surface area contributed by atoms with Crippen LogP contribution in [0.15, 0.2) is 71.8 Å². The molecular formula is C45H58N2O11. The number of aliphatic hydroxyl groups is 2.